The summed E-state index contributed by atoms with van der Waals surface area (Å²) in [5.74, 6) is 2.77. The number of thioether (sulfide) groups is 1. The van der Waals surface area contributed by atoms with E-state index in [0.717, 1.165) is 12.5 Å². The number of rotatable bonds is 7. The minimum atomic E-state index is 0.630. The van der Waals surface area contributed by atoms with Crippen LogP contribution in [0.1, 0.15) is 45.1 Å². The molecule has 1 saturated carbocycles. The molecular formula is C16H25NS. The molecule has 1 aliphatic carbocycles. The van der Waals surface area contributed by atoms with Crippen molar-refractivity contribution < 1.29 is 0 Å². The van der Waals surface area contributed by atoms with Gasteiger partial charge in [-0.3, -0.25) is 0 Å². The van der Waals surface area contributed by atoms with Gasteiger partial charge in [-0.1, -0.05) is 32.9 Å². The Morgan fingerprint density at radius 1 is 1.22 bits per heavy atom. The second kappa shape index (κ2) is 6.63. The molecule has 0 bridgehead atoms. The van der Waals surface area contributed by atoms with E-state index in [0.29, 0.717) is 12.0 Å². The lowest BCUT2D eigenvalue weighted by molar-refractivity contribution is 0.519. The van der Waals surface area contributed by atoms with Crippen LogP contribution >= 0.6 is 11.8 Å². The van der Waals surface area contributed by atoms with Gasteiger partial charge in [-0.2, -0.15) is 0 Å². The molecule has 1 atom stereocenters. The van der Waals surface area contributed by atoms with Crippen molar-refractivity contribution in [1.82, 2.24) is 5.32 Å². The topological polar surface area (TPSA) is 12.0 Å². The lowest BCUT2D eigenvalue weighted by Gasteiger charge is -2.16. The summed E-state index contributed by atoms with van der Waals surface area (Å²) >= 11 is 1.99. The molecule has 100 valence electrons. The van der Waals surface area contributed by atoms with Crippen molar-refractivity contribution in [3.8, 4) is 0 Å². The highest BCUT2D eigenvalue weighted by molar-refractivity contribution is 7.99. The highest BCUT2D eigenvalue weighted by Gasteiger charge is 2.30. The maximum Gasteiger partial charge on any atom is 0.0189 e. The van der Waals surface area contributed by atoms with E-state index in [1.807, 2.05) is 11.8 Å². The van der Waals surface area contributed by atoms with Crippen molar-refractivity contribution in [2.45, 2.75) is 50.5 Å². The van der Waals surface area contributed by atoms with Crippen molar-refractivity contribution in [3.63, 3.8) is 0 Å². The van der Waals surface area contributed by atoms with Gasteiger partial charge < -0.3 is 5.32 Å². The van der Waals surface area contributed by atoms with Crippen molar-refractivity contribution >= 4 is 11.8 Å². The van der Waals surface area contributed by atoms with Crippen LogP contribution in [0.15, 0.2) is 29.2 Å². The smallest absolute Gasteiger partial charge is 0.0189 e. The molecule has 1 aromatic rings. The molecule has 0 heterocycles. The predicted octanol–water partition coefficient (Wildman–Crippen LogP) is 4.29. The van der Waals surface area contributed by atoms with Crippen LogP contribution in [-0.4, -0.2) is 18.3 Å². The van der Waals surface area contributed by atoms with E-state index in [1.54, 1.807) is 0 Å². The normalized spacial score (nSPS) is 17.1. The standard InChI is InChI=1S/C16H25NS/c1-4-17-16(14-5-6-14)11-18-15-9-7-13(8-10-15)12(2)3/h7-10,12,14,16-17H,4-6,11H2,1-3H3. The Bertz CT molecular complexity index is 354. The van der Waals surface area contributed by atoms with Crippen LogP contribution in [0, 0.1) is 5.92 Å². The molecule has 1 aliphatic rings. The third-order valence-electron chi connectivity index (χ3n) is 3.63. The van der Waals surface area contributed by atoms with Crippen LogP contribution in [0.5, 0.6) is 0 Å². The lowest BCUT2D eigenvalue weighted by Crippen LogP contribution is -2.33. The summed E-state index contributed by atoms with van der Waals surface area (Å²) < 4.78 is 0. The predicted molar refractivity (Wildman–Crippen MR) is 81.4 cm³/mol. The largest absolute Gasteiger partial charge is 0.313 e. The van der Waals surface area contributed by atoms with Crippen molar-refractivity contribution in [2.75, 3.05) is 12.3 Å². The summed E-state index contributed by atoms with van der Waals surface area (Å²) in [5.41, 5.74) is 1.43. The Labute approximate surface area is 116 Å². The van der Waals surface area contributed by atoms with E-state index in [-0.39, 0.29) is 0 Å². The third-order valence-corrected chi connectivity index (χ3v) is 4.76. The minimum Gasteiger partial charge on any atom is -0.313 e. The van der Waals surface area contributed by atoms with Gasteiger partial charge in [-0.25, -0.2) is 0 Å². The van der Waals surface area contributed by atoms with Gasteiger partial charge in [-0.05, 0) is 48.9 Å². The first kappa shape index (κ1) is 14.0. The second-order valence-corrected chi connectivity index (χ2v) is 6.63. The molecule has 1 N–H and O–H groups in total. The molecule has 1 nitrogen and oxygen atoms in total. The van der Waals surface area contributed by atoms with Gasteiger partial charge in [0.2, 0.25) is 0 Å². The first-order valence-electron chi connectivity index (χ1n) is 7.16. The van der Waals surface area contributed by atoms with Gasteiger partial charge >= 0.3 is 0 Å². The molecular weight excluding hydrogens is 238 g/mol. The third kappa shape index (κ3) is 4.03. The Kier molecular flexibility index (Phi) is 5.13. The molecule has 0 aliphatic heterocycles. The van der Waals surface area contributed by atoms with E-state index >= 15 is 0 Å². The van der Waals surface area contributed by atoms with Crippen LogP contribution in [0.3, 0.4) is 0 Å². The van der Waals surface area contributed by atoms with Crippen molar-refractivity contribution in [3.05, 3.63) is 29.8 Å². The van der Waals surface area contributed by atoms with E-state index in [1.165, 1.54) is 29.1 Å². The number of hydrogen-bond donors (Lipinski definition) is 1. The Balaban J connectivity index is 1.84. The Hall–Kier alpha value is -0.470. The summed E-state index contributed by atoms with van der Waals surface area (Å²) in [6.07, 6.45) is 2.84. The van der Waals surface area contributed by atoms with Crippen molar-refractivity contribution in [1.29, 1.82) is 0 Å². The molecule has 1 fully saturated rings. The lowest BCUT2D eigenvalue weighted by atomic mass is 10.0. The number of benzene rings is 1. The van der Waals surface area contributed by atoms with Crippen LogP contribution in [-0.2, 0) is 0 Å². The summed E-state index contributed by atoms with van der Waals surface area (Å²) in [6.45, 7) is 7.79. The number of hydrogen-bond acceptors (Lipinski definition) is 2. The van der Waals surface area contributed by atoms with Gasteiger partial charge in [0, 0.05) is 16.7 Å². The fraction of sp³-hybridized carbons (Fsp3) is 0.625. The van der Waals surface area contributed by atoms with E-state index in [4.69, 9.17) is 0 Å². The molecule has 18 heavy (non-hydrogen) atoms. The molecule has 0 radical (unpaired) electrons. The molecule has 0 amide bonds. The van der Waals surface area contributed by atoms with Crippen molar-refractivity contribution in [2.24, 2.45) is 5.92 Å². The zero-order valence-corrected chi connectivity index (χ0v) is 12.6. The van der Waals surface area contributed by atoms with Crippen LogP contribution in [0.4, 0.5) is 0 Å². The van der Waals surface area contributed by atoms with Gasteiger partial charge in [0.15, 0.2) is 0 Å². The first-order valence-corrected chi connectivity index (χ1v) is 8.15. The van der Waals surface area contributed by atoms with Crippen LogP contribution in [0.25, 0.3) is 0 Å². The zero-order chi connectivity index (χ0) is 13.0. The fourth-order valence-corrected chi connectivity index (χ4v) is 3.35. The maximum absolute atomic E-state index is 3.62. The average Bonchev–Trinajstić information content (AvgIpc) is 3.19. The van der Waals surface area contributed by atoms with E-state index < -0.39 is 0 Å². The summed E-state index contributed by atoms with van der Waals surface area (Å²) in [7, 11) is 0. The molecule has 1 unspecified atom stereocenters. The monoisotopic (exact) mass is 263 g/mol. The van der Waals surface area contributed by atoms with Crippen LogP contribution in [0.2, 0.25) is 0 Å². The SMILES string of the molecule is CCNC(CSc1ccc(C(C)C)cc1)C1CC1. The minimum absolute atomic E-state index is 0.630. The van der Waals surface area contributed by atoms with Crippen LogP contribution < -0.4 is 5.32 Å². The molecule has 0 aromatic heterocycles. The van der Waals surface area contributed by atoms with E-state index in [2.05, 4.69) is 50.4 Å². The molecule has 0 saturated heterocycles. The highest BCUT2D eigenvalue weighted by atomic mass is 32.2. The maximum atomic E-state index is 3.62. The zero-order valence-electron chi connectivity index (χ0n) is 11.8. The number of nitrogens with one attached hydrogen (secondary N) is 1. The quantitative estimate of drug-likeness (QED) is 0.737. The second-order valence-electron chi connectivity index (χ2n) is 5.54. The average molecular weight is 263 g/mol. The summed E-state index contributed by atoms with van der Waals surface area (Å²) in [5, 5.41) is 3.62. The Morgan fingerprint density at radius 3 is 2.39 bits per heavy atom. The molecule has 2 rings (SSSR count). The first-order chi connectivity index (χ1) is 8.70. The van der Waals surface area contributed by atoms with Gasteiger partial charge in [0.1, 0.15) is 0 Å². The summed E-state index contributed by atoms with van der Waals surface area (Å²) in [4.78, 5) is 1.41. The molecule has 0 spiro atoms. The van der Waals surface area contributed by atoms with Gasteiger partial charge in [0.25, 0.3) is 0 Å². The summed E-state index contributed by atoms with van der Waals surface area (Å²) in [6, 6.07) is 9.80. The van der Waals surface area contributed by atoms with E-state index in [9.17, 15) is 0 Å². The molecule has 2 heteroatoms. The van der Waals surface area contributed by atoms with Gasteiger partial charge in [-0.15, -0.1) is 11.8 Å². The fourth-order valence-electron chi connectivity index (χ4n) is 2.26. The Morgan fingerprint density at radius 2 is 1.89 bits per heavy atom. The molecule has 1 aromatic carbocycles. The van der Waals surface area contributed by atoms with Gasteiger partial charge in [0.05, 0.1) is 0 Å². The highest BCUT2D eigenvalue weighted by Crippen LogP contribution is 2.35.